The normalized spacial score (nSPS) is 18.6. The minimum absolute atomic E-state index is 0.519. The van der Waals surface area contributed by atoms with Gasteiger partial charge in [-0.3, -0.25) is 0 Å². The number of nitrogens with two attached hydrogens (primary N) is 1. The van der Waals surface area contributed by atoms with E-state index in [1.165, 1.54) is 30.4 Å². The third kappa shape index (κ3) is 1.49. The summed E-state index contributed by atoms with van der Waals surface area (Å²) in [7, 11) is 0. The van der Waals surface area contributed by atoms with Gasteiger partial charge in [-0.2, -0.15) is 0 Å². The first-order valence-corrected chi connectivity index (χ1v) is 5.10. The molecule has 1 aliphatic rings. The Morgan fingerprint density at radius 3 is 2.69 bits per heavy atom. The highest BCUT2D eigenvalue weighted by molar-refractivity contribution is 5.34. The molecule has 1 saturated carbocycles. The summed E-state index contributed by atoms with van der Waals surface area (Å²) in [6.45, 7) is 2.94. The van der Waals surface area contributed by atoms with Crippen molar-refractivity contribution in [3.63, 3.8) is 0 Å². The van der Waals surface area contributed by atoms with Crippen LogP contribution in [0.4, 0.5) is 0 Å². The van der Waals surface area contributed by atoms with Crippen molar-refractivity contribution in [2.75, 3.05) is 0 Å². The maximum absolute atomic E-state index is 5.62. The van der Waals surface area contributed by atoms with Crippen LogP contribution in [0.5, 0.6) is 0 Å². The van der Waals surface area contributed by atoms with Gasteiger partial charge in [-0.1, -0.05) is 31.2 Å². The Hall–Kier alpha value is -0.820. The Morgan fingerprint density at radius 2 is 2.15 bits per heavy atom. The molecule has 0 aromatic heterocycles. The molecule has 1 aliphatic carbocycles. The van der Waals surface area contributed by atoms with Crippen LogP contribution in [-0.4, -0.2) is 0 Å². The molecule has 2 N–H and O–H groups in total. The number of hydrogen-bond donors (Lipinski definition) is 1. The van der Waals surface area contributed by atoms with Crippen molar-refractivity contribution in [2.45, 2.75) is 38.1 Å². The SMILES string of the molecule is CCC1(c2cccc(CN)c2)CC1. The molecular weight excluding hydrogens is 158 g/mol. The summed E-state index contributed by atoms with van der Waals surface area (Å²) < 4.78 is 0. The van der Waals surface area contributed by atoms with Gasteiger partial charge in [0.1, 0.15) is 0 Å². The van der Waals surface area contributed by atoms with Gasteiger partial charge in [0.25, 0.3) is 0 Å². The highest BCUT2D eigenvalue weighted by Gasteiger charge is 2.42. The predicted octanol–water partition coefficient (Wildman–Crippen LogP) is 2.59. The van der Waals surface area contributed by atoms with Crippen LogP contribution in [0, 0.1) is 0 Å². The molecule has 0 heterocycles. The summed E-state index contributed by atoms with van der Waals surface area (Å²) >= 11 is 0. The van der Waals surface area contributed by atoms with Crippen LogP contribution in [0.2, 0.25) is 0 Å². The van der Waals surface area contributed by atoms with Gasteiger partial charge >= 0.3 is 0 Å². The summed E-state index contributed by atoms with van der Waals surface area (Å²) in [5, 5.41) is 0. The lowest BCUT2D eigenvalue weighted by Gasteiger charge is -2.13. The molecular formula is C12H17N. The lowest BCUT2D eigenvalue weighted by molar-refractivity contribution is 0.663. The standard InChI is InChI=1S/C12H17N/c1-2-12(6-7-12)11-5-3-4-10(8-11)9-13/h3-5,8H,2,6-7,9,13H2,1H3. The van der Waals surface area contributed by atoms with E-state index in [9.17, 15) is 0 Å². The molecule has 1 heteroatoms. The second kappa shape index (κ2) is 3.15. The van der Waals surface area contributed by atoms with Gasteiger partial charge in [0.05, 0.1) is 0 Å². The van der Waals surface area contributed by atoms with Crippen molar-refractivity contribution in [2.24, 2.45) is 5.73 Å². The summed E-state index contributed by atoms with van der Waals surface area (Å²) in [6.07, 6.45) is 3.98. The van der Waals surface area contributed by atoms with Crippen LogP contribution in [-0.2, 0) is 12.0 Å². The lowest BCUT2D eigenvalue weighted by Crippen LogP contribution is -2.06. The van der Waals surface area contributed by atoms with E-state index in [4.69, 9.17) is 5.73 Å². The van der Waals surface area contributed by atoms with E-state index < -0.39 is 0 Å². The van der Waals surface area contributed by atoms with Crippen molar-refractivity contribution in [3.05, 3.63) is 35.4 Å². The highest BCUT2D eigenvalue weighted by Crippen LogP contribution is 2.50. The van der Waals surface area contributed by atoms with E-state index >= 15 is 0 Å². The van der Waals surface area contributed by atoms with Gasteiger partial charge in [-0.15, -0.1) is 0 Å². The van der Waals surface area contributed by atoms with E-state index in [1.54, 1.807) is 0 Å². The van der Waals surface area contributed by atoms with Crippen molar-refractivity contribution in [3.8, 4) is 0 Å². The zero-order chi connectivity index (χ0) is 9.31. The molecule has 0 radical (unpaired) electrons. The van der Waals surface area contributed by atoms with Crippen molar-refractivity contribution in [1.29, 1.82) is 0 Å². The smallest absolute Gasteiger partial charge is 0.0178 e. The Morgan fingerprint density at radius 1 is 1.38 bits per heavy atom. The molecule has 70 valence electrons. The second-order valence-corrected chi connectivity index (χ2v) is 4.04. The van der Waals surface area contributed by atoms with Crippen LogP contribution in [0.15, 0.2) is 24.3 Å². The van der Waals surface area contributed by atoms with Gasteiger partial charge in [0, 0.05) is 6.54 Å². The summed E-state index contributed by atoms with van der Waals surface area (Å²) in [5.41, 5.74) is 8.90. The zero-order valence-electron chi connectivity index (χ0n) is 8.22. The summed E-state index contributed by atoms with van der Waals surface area (Å²) in [6, 6.07) is 8.76. The van der Waals surface area contributed by atoms with Gasteiger partial charge in [-0.05, 0) is 35.8 Å². The molecule has 1 nitrogen and oxygen atoms in total. The molecule has 0 amide bonds. The van der Waals surface area contributed by atoms with E-state index in [-0.39, 0.29) is 0 Å². The maximum Gasteiger partial charge on any atom is 0.0178 e. The zero-order valence-corrected chi connectivity index (χ0v) is 8.22. The molecule has 2 rings (SSSR count). The van der Waals surface area contributed by atoms with Crippen molar-refractivity contribution in [1.82, 2.24) is 0 Å². The van der Waals surface area contributed by atoms with Crippen LogP contribution < -0.4 is 5.73 Å². The highest BCUT2D eigenvalue weighted by atomic mass is 14.5. The third-order valence-electron chi connectivity index (χ3n) is 3.31. The largest absolute Gasteiger partial charge is 0.326 e. The molecule has 13 heavy (non-hydrogen) atoms. The van der Waals surface area contributed by atoms with Crippen LogP contribution in [0.3, 0.4) is 0 Å². The molecule has 0 spiro atoms. The van der Waals surface area contributed by atoms with Gasteiger partial charge in [0.2, 0.25) is 0 Å². The fourth-order valence-corrected chi connectivity index (χ4v) is 2.03. The minimum atomic E-state index is 0.519. The molecule has 0 aliphatic heterocycles. The van der Waals surface area contributed by atoms with Crippen LogP contribution in [0.1, 0.15) is 37.3 Å². The molecule has 0 atom stereocenters. The topological polar surface area (TPSA) is 26.0 Å². The Labute approximate surface area is 80.0 Å². The van der Waals surface area contributed by atoms with E-state index in [2.05, 4.69) is 31.2 Å². The fraction of sp³-hybridized carbons (Fsp3) is 0.500. The van der Waals surface area contributed by atoms with Crippen LogP contribution >= 0.6 is 0 Å². The average Bonchev–Trinajstić information content (AvgIpc) is 2.99. The van der Waals surface area contributed by atoms with E-state index in [0.29, 0.717) is 12.0 Å². The van der Waals surface area contributed by atoms with Gasteiger partial charge in [-0.25, -0.2) is 0 Å². The maximum atomic E-state index is 5.62. The number of rotatable bonds is 3. The third-order valence-corrected chi connectivity index (χ3v) is 3.31. The second-order valence-electron chi connectivity index (χ2n) is 4.04. The van der Waals surface area contributed by atoms with E-state index in [0.717, 1.165) is 0 Å². The Kier molecular flexibility index (Phi) is 2.12. The van der Waals surface area contributed by atoms with Crippen LogP contribution in [0.25, 0.3) is 0 Å². The Balaban J connectivity index is 2.30. The van der Waals surface area contributed by atoms with Crippen molar-refractivity contribution < 1.29 is 0 Å². The number of benzene rings is 1. The Bertz CT molecular complexity index is 300. The molecule has 0 unspecified atom stereocenters. The number of hydrogen-bond acceptors (Lipinski definition) is 1. The minimum Gasteiger partial charge on any atom is -0.326 e. The summed E-state index contributed by atoms with van der Waals surface area (Å²) in [5.74, 6) is 0. The quantitative estimate of drug-likeness (QED) is 0.750. The predicted molar refractivity (Wildman–Crippen MR) is 55.5 cm³/mol. The first-order chi connectivity index (χ1) is 6.30. The lowest BCUT2D eigenvalue weighted by atomic mass is 9.92. The molecule has 1 aromatic carbocycles. The summed E-state index contributed by atoms with van der Waals surface area (Å²) in [4.78, 5) is 0. The molecule has 1 aromatic rings. The monoisotopic (exact) mass is 175 g/mol. The molecule has 1 fully saturated rings. The molecule has 0 bridgehead atoms. The first kappa shape index (κ1) is 8.76. The molecule has 0 saturated heterocycles. The van der Waals surface area contributed by atoms with Gasteiger partial charge in [0.15, 0.2) is 0 Å². The first-order valence-electron chi connectivity index (χ1n) is 5.10. The average molecular weight is 175 g/mol. The fourth-order valence-electron chi connectivity index (χ4n) is 2.03. The van der Waals surface area contributed by atoms with Crippen molar-refractivity contribution >= 4 is 0 Å². The van der Waals surface area contributed by atoms with E-state index in [1.807, 2.05) is 0 Å². The van der Waals surface area contributed by atoms with Gasteiger partial charge < -0.3 is 5.73 Å².